The van der Waals surface area contributed by atoms with E-state index in [0.717, 1.165) is 0 Å². The van der Waals surface area contributed by atoms with Gasteiger partial charge in [-0.2, -0.15) is 0 Å². The van der Waals surface area contributed by atoms with Crippen LogP contribution in [0.15, 0.2) is 42.5 Å². The molecule has 1 heterocycles. The van der Waals surface area contributed by atoms with Gasteiger partial charge in [0.1, 0.15) is 0 Å². The van der Waals surface area contributed by atoms with Gasteiger partial charge >= 0.3 is 6.98 Å². The highest BCUT2D eigenvalue weighted by Crippen LogP contribution is 2.34. The van der Waals surface area contributed by atoms with E-state index in [1.807, 2.05) is 0 Å². The standard InChI is InChI=1S/C22H23BN2/c1-14-13-19(15(2)18-10-4-3-9-17(14)18)23-24-20-11-5-7-16-8-6-12-21(25-23)22(16)20/h5-8,11-13,24-25H,3-4,9-10H2,1-2H3. The van der Waals surface area contributed by atoms with Crippen LogP contribution in [-0.2, 0) is 12.8 Å². The van der Waals surface area contributed by atoms with Gasteiger partial charge in [0.2, 0.25) is 0 Å². The third kappa shape index (κ3) is 2.26. The van der Waals surface area contributed by atoms with Crippen LogP contribution in [0.5, 0.6) is 0 Å². The molecule has 0 aromatic heterocycles. The van der Waals surface area contributed by atoms with Gasteiger partial charge in [-0.05, 0) is 84.8 Å². The summed E-state index contributed by atoms with van der Waals surface area (Å²) in [7, 11) is 0. The largest absolute Gasteiger partial charge is 0.406 e. The molecule has 124 valence electrons. The maximum Gasteiger partial charge on any atom is 0.406 e. The Kier molecular flexibility index (Phi) is 3.31. The molecule has 1 aliphatic carbocycles. The third-order valence-corrected chi connectivity index (χ3v) is 6.02. The number of aryl methyl sites for hydroxylation is 1. The van der Waals surface area contributed by atoms with E-state index in [9.17, 15) is 0 Å². The highest BCUT2D eigenvalue weighted by molar-refractivity contribution is 6.80. The van der Waals surface area contributed by atoms with Gasteiger partial charge < -0.3 is 10.5 Å². The summed E-state index contributed by atoms with van der Waals surface area (Å²) in [4.78, 5) is 0. The molecule has 5 rings (SSSR count). The minimum Gasteiger partial charge on any atom is -0.405 e. The first-order valence-corrected chi connectivity index (χ1v) is 9.39. The van der Waals surface area contributed by atoms with E-state index in [2.05, 4.69) is 66.8 Å². The van der Waals surface area contributed by atoms with Crippen LogP contribution in [0.2, 0.25) is 0 Å². The quantitative estimate of drug-likeness (QED) is 0.640. The molecule has 3 aromatic rings. The molecule has 0 atom stereocenters. The summed E-state index contributed by atoms with van der Waals surface area (Å²) in [6.45, 7) is 4.72. The number of hydrogen-bond acceptors (Lipinski definition) is 2. The van der Waals surface area contributed by atoms with Crippen molar-refractivity contribution in [1.29, 1.82) is 0 Å². The summed E-state index contributed by atoms with van der Waals surface area (Å²) in [6.07, 6.45) is 5.14. The Morgan fingerprint density at radius 3 is 2.16 bits per heavy atom. The lowest BCUT2D eigenvalue weighted by atomic mass is 9.62. The Morgan fingerprint density at radius 2 is 1.48 bits per heavy atom. The van der Waals surface area contributed by atoms with Crippen LogP contribution >= 0.6 is 0 Å². The zero-order valence-electron chi connectivity index (χ0n) is 14.9. The maximum atomic E-state index is 3.74. The van der Waals surface area contributed by atoms with E-state index in [1.54, 1.807) is 11.1 Å². The highest BCUT2D eigenvalue weighted by Gasteiger charge is 2.29. The van der Waals surface area contributed by atoms with Gasteiger partial charge in [-0.15, -0.1) is 0 Å². The second kappa shape index (κ2) is 5.55. The van der Waals surface area contributed by atoms with E-state index in [-0.39, 0.29) is 6.98 Å². The predicted octanol–water partition coefficient (Wildman–Crippen LogP) is 4.57. The van der Waals surface area contributed by atoms with Gasteiger partial charge in [-0.3, -0.25) is 0 Å². The van der Waals surface area contributed by atoms with E-state index in [1.165, 1.54) is 64.4 Å². The van der Waals surface area contributed by atoms with E-state index >= 15 is 0 Å². The lowest BCUT2D eigenvalue weighted by Crippen LogP contribution is -2.49. The Balaban J connectivity index is 1.63. The average Bonchev–Trinajstić information content (AvgIpc) is 2.65. The normalized spacial score (nSPS) is 15.5. The number of nitrogens with one attached hydrogen (secondary N) is 2. The molecule has 3 aromatic carbocycles. The third-order valence-electron chi connectivity index (χ3n) is 6.02. The smallest absolute Gasteiger partial charge is 0.405 e. The first kappa shape index (κ1) is 14.9. The van der Waals surface area contributed by atoms with Gasteiger partial charge in [-0.25, -0.2) is 0 Å². The van der Waals surface area contributed by atoms with Crippen molar-refractivity contribution in [3.05, 3.63) is 64.7 Å². The first-order valence-electron chi connectivity index (χ1n) is 9.39. The van der Waals surface area contributed by atoms with E-state index in [0.29, 0.717) is 0 Å². The number of rotatable bonds is 1. The van der Waals surface area contributed by atoms with Crippen molar-refractivity contribution in [2.75, 3.05) is 10.5 Å². The van der Waals surface area contributed by atoms with Crippen LogP contribution in [0, 0.1) is 13.8 Å². The topological polar surface area (TPSA) is 24.1 Å². The first-order chi connectivity index (χ1) is 12.2. The van der Waals surface area contributed by atoms with E-state index in [4.69, 9.17) is 0 Å². The summed E-state index contributed by atoms with van der Waals surface area (Å²) < 4.78 is 0. The number of anilines is 2. The fourth-order valence-electron chi connectivity index (χ4n) is 4.74. The van der Waals surface area contributed by atoms with Crippen molar-refractivity contribution in [2.24, 2.45) is 0 Å². The average molecular weight is 326 g/mol. The minimum absolute atomic E-state index is 0.131. The van der Waals surface area contributed by atoms with Crippen LogP contribution in [-0.4, -0.2) is 6.98 Å². The van der Waals surface area contributed by atoms with Crippen LogP contribution in [0.25, 0.3) is 10.8 Å². The van der Waals surface area contributed by atoms with Crippen molar-refractivity contribution < 1.29 is 0 Å². The van der Waals surface area contributed by atoms with Gasteiger partial charge in [0.15, 0.2) is 0 Å². The molecule has 0 bridgehead atoms. The van der Waals surface area contributed by atoms with E-state index < -0.39 is 0 Å². The van der Waals surface area contributed by atoms with Crippen molar-refractivity contribution >= 4 is 34.6 Å². The lowest BCUT2D eigenvalue weighted by molar-refractivity contribution is 0.679. The molecular weight excluding hydrogens is 303 g/mol. The van der Waals surface area contributed by atoms with Crippen molar-refractivity contribution in [3.8, 4) is 0 Å². The highest BCUT2D eigenvalue weighted by atomic mass is 15.0. The summed E-state index contributed by atoms with van der Waals surface area (Å²) in [6, 6.07) is 15.4. The zero-order chi connectivity index (χ0) is 17.0. The molecular formula is C22H23BN2. The van der Waals surface area contributed by atoms with Crippen LogP contribution in [0.4, 0.5) is 11.4 Å². The summed E-state index contributed by atoms with van der Waals surface area (Å²) in [5.74, 6) is 0. The minimum atomic E-state index is 0.131. The second-order valence-electron chi connectivity index (χ2n) is 7.50. The Hall–Kier alpha value is -2.42. The second-order valence-corrected chi connectivity index (χ2v) is 7.50. The lowest BCUT2D eigenvalue weighted by Gasteiger charge is -2.30. The fraction of sp³-hybridized carbons (Fsp3) is 0.273. The zero-order valence-corrected chi connectivity index (χ0v) is 14.9. The molecule has 0 saturated carbocycles. The SMILES string of the molecule is Cc1cc(B2Nc3cccc4cccc(c34)N2)c(C)c2c1CCCC2. The predicted molar refractivity (Wildman–Crippen MR) is 109 cm³/mol. The number of hydrogen-bond donors (Lipinski definition) is 2. The Morgan fingerprint density at radius 1 is 0.840 bits per heavy atom. The summed E-state index contributed by atoms with van der Waals surface area (Å²) in [5, 5.41) is 10.1. The van der Waals surface area contributed by atoms with Crippen LogP contribution in [0.1, 0.15) is 35.1 Å². The van der Waals surface area contributed by atoms with Crippen LogP contribution in [0.3, 0.4) is 0 Å². The van der Waals surface area contributed by atoms with Gasteiger partial charge in [0, 0.05) is 16.8 Å². The Bertz CT molecular complexity index is 952. The monoisotopic (exact) mass is 326 g/mol. The molecule has 0 fully saturated rings. The summed E-state index contributed by atoms with van der Waals surface area (Å²) in [5.41, 5.74) is 9.98. The van der Waals surface area contributed by atoms with Gasteiger partial charge in [-0.1, -0.05) is 30.3 Å². The molecule has 0 spiro atoms. The molecule has 0 unspecified atom stereocenters. The van der Waals surface area contributed by atoms with Crippen molar-refractivity contribution in [2.45, 2.75) is 39.5 Å². The van der Waals surface area contributed by atoms with Gasteiger partial charge in [0.25, 0.3) is 0 Å². The Labute approximate surface area is 149 Å². The molecule has 1 aliphatic heterocycles. The number of fused-ring (bicyclic) bond motifs is 1. The molecule has 2 N–H and O–H groups in total. The molecule has 0 saturated heterocycles. The summed E-state index contributed by atoms with van der Waals surface area (Å²) >= 11 is 0. The molecule has 2 nitrogen and oxygen atoms in total. The number of benzene rings is 3. The molecule has 25 heavy (non-hydrogen) atoms. The van der Waals surface area contributed by atoms with Crippen LogP contribution < -0.4 is 15.9 Å². The molecule has 0 radical (unpaired) electrons. The molecule has 3 heteroatoms. The molecule has 2 aliphatic rings. The van der Waals surface area contributed by atoms with Crippen molar-refractivity contribution in [3.63, 3.8) is 0 Å². The van der Waals surface area contributed by atoms with Gasteiger partial charge in [0.05, 0.1) is 0 Å². The fourth-order valence-corrected chi connectivity index (χ4v) is 4.74. The molecule has 0 amide bonds. The van der Waals surface area contributed by atoms with Crippen molar-refractivity contribution in [1.82, 2.24) is 0 Å². The maximum absolute atomic E-state index is 3.74.